The Hall–Kier alpha value is -2.96. The Morgan fingerprint density at radius 3 is 2.59 bits per heavy atom. The van der Waals surface area contributed by atoms with E-state index in [9.17, 15) is 14.0 Å². The normalized spacial score (nSPS) is 20.2. The van der Waals surface area contributed by atoms with Crippen molar-refractivity contribution in [1.29, 1.82) is 0 Å². The van der Waals surface area contributed by atoms with Crippen molar-refractivity contribution in [2.45, 2.75) is 38.5 Å². The number of esters is 1. The molecule has 0 radical (unpaired) electrons. The molecule has 1 aliphatic heterocycles. The number of ketones is 1. The molecule has 0 spiro atoms. The van der Waals surface area contributed by atoms with Crippen LogP contribution in [0.5, 0.6) is 0 Å². The number of hydrogen-bond acceptors (Lipinski definition) is 5. The first-order valence-electron chi connectivity index (χ1n) is 11.4. The Bertz CT molecular complexity index is 1160. The van der Waals surface area contributed by atoms with E-state index in [4.69, 9.17) is 21.1 Å². The Morgan fingerprint density at radius 1 is 1.12 bits per heavy atom. The number of benzene rings is 2. The van der Waals surface area contributed by atoms with Gasteiger partial charge in [0, 0.05) is 40.9 Å². The molecule has 34 heavy (non-hydrogen) atoms. The molecular weight excluding hydrogens is 457 g/mol. The maximum Gasteiger partial charge on any atom is 0.336 e. The average molecular weight is 484 g/mol. The lowest BCUT2D eigenvalue weighted by molar-refractivity contribution is -0.140. The minimum absolute atomic E-state index is 0.0170. The molecule has 2 aromatic rings. The van der Waals surface area contributed by atoms with Crippen molar-refractivity contribution in [3.8, 4) is 0 Å². The number of carbonyl (C=O) groups excluding carboxylic acids is 2. The zero-order chi connectivity index (χ0) is 24.2. The number of carbonyl (C=O) groups is 2. The van der Waals surface area contributed by atoms with Crippen molar-refractivity contribution >= 4 is 23.4 Å². The summed E-state index contributed by atoms with van der Waals surface area (Å²) in [7, 11) is 0. The first-order chi connectivity index (χ1) is 16.4. The van der Waals surface area contributed by atoms with E-state index >= 15 is 0 Å². The number of allylic oxidation sites excluding steroid dienone is 3. The highest BCUT2D eigenvalue weighted by atomic mass is 35.5. The van der Waals surface area contributed by atoms with E-state index in [2.05, 4.69) is 5.32 Å². The molecule has 0 amide bonds. The van der Waals surface area contributed by atoms with Crippen LogP contribution in [0.25, 0.3) is 0 Å². The molecule has 4 rings (SSSR count). The van der Waals surface area contributed by atoms with Crippen LogP contribution in [-0.2, 0) is 19.1 Å². The van der Waals surface area contributed by atoms with Gasteiger partial charge in [-0.3, -0.25) is 4.79 Å². The summed E-state index contributed by atoms with van der Waals surface area (Å²) in [6.45, 7) is 4.54. The van der Waals surface area contributed by atoms with Crippen molar-refractivity contribution in [3.63, 3.8) is 0 Å². The summed E-state index contributed by atoms with van der Waals surface area (Å²) < 4.78 is 24.9. The van der Waals surface area contributed by atoms with Gasteiger partial charge in [-0.2, -0.15) is 0 Å². The molecule has 5 nitrogen and oxygen atoms in total. The molecule has 0 fully saturated rings. The van der Waals surface area contributed by atoms with Gasteiger partial charge in [0.2, 0.25) is 0 Å². The van der Waals surface area contributed by atoms with Crippen LogP contribution in [0.15, 0.2) is 71.1 Å². The Kier molecular flexibility index (Phi) is 7.49. The summed E-state index contributed by atoms with van der Waals surface area (Å²) in [5.74, 6) is -1.77. The second-order valence-corrected chi connectivity index (χ2v) is 8.89. The summed E-state index contributed by atoms with van der Waals surface area (Å²) in [6.07, 6.45) is 0.887. The van der Waals surface area contributed by atoms with Crippen LogP contribution >= 0.6 is 11.6 Å². The largest absolute Gasteiger partial charge is 0.460 e. The van der Waals surface area contributed by atoms with Crippen LogP contribution in [0.1, 0.15) is 49.7 Å². The van der Waals surface area contributed by atoms with Crippen molar-refractivity contribution in [1.82, 2.24) is 5.32 Å². The summed E-state index contributed by atoms with van der Waals surface area (Å²) in [5.41, 5.74) is 3.74. The van der Waals surface area contributed by atoms with E-state index in [0.29, 0.717) is 46.9 Å². The predicted molar refractivity (Wildman–Crippen MR) is 128 cm³/mol. The van der Waals surface area contributed by atoms with Crippen molar-refractivity contribution in [3.05, 3.63) is 93.0 Å². The zero-order valence-corrected chi connectivity index (χ0v) is 20.0. The second-order valence-electron chi connectivity index (χ2n) is 8.46. The quantitative estimate of drug-likeness (QED) is 0.421. The Labute approximate surface area is 203 Å². The highest BCUT2D eigenvalue weighted by molar-refractivity contribution is 6.30. The number of Topliss-reactive ketones (excluding diaryl/α,β-unsaturated/α-hetero) is 1. The van der Waals surface area contributed by atoms with Crippen molar-refractivity contribution in [2.24, 2.45) is 0 Å². The van der Waals surface area contributed by atoms with Gasteiger partial charge in [-0.05, 0) is 61.6 Å². The molecule has 0 saturated carbocycles. The van der Waals surface area contributed by atoms with Crippen LogP contribution in [-0.4, -0.2) is 31.6 Å². The van der Waals surface area contributed by atoms with Crippen LogP contribution in [0, 0.1) is 5.82 Å². The molecule has 0 bridgehead atoms. The first kappa shape index (κ1) is 24.2. The Morgan fingerprint density at radius 2 is 1.88 bits per heavy atom. The van der Waals surface area contributed by atoms with Gasteiger partial charge >= 0.3 is 5.97 Å². The number of ether oxygens (including phenoxy) is 2. The minimum Gasteiger partial charge on any atom is -0.460 e. The molecule has 1 aliphatic carbocycles. The maximum absolute atomic E-state index is 14.2. The summed E-state index contributed by atoms with van der Waals surface area (Å²) >= 11 is 6.03. The van der Waals surface area contributed by atoms with Gasteiger partial charge in [0.05, 0.1) is 12.2 Å². The highest BCUT2D eigenvalue weighted by Gasteiger charge is 2.41. The highest BCUT2D eigenvalue weighted by Crippen LogP contribution is 2.45. The smallest absolute Gasteiger partial charge is 0.336 e. The van der Waals surface area contributed by atoms with Crippen LogP contribution in [0.3, 0.4) is 0 Å². The molecule has 2 atom stereocenters. The van der Waals surface area contributed by atoms with Gasteiger partial charge in [0.1, 0.15) is 12.4 Å². The van der Waals surface area contributed by atoms with Gasteiger partial charge in [0.15, 0.2) is 5.78 Å². The fourth-order valence-electron chi connectivity index (χ4n) is 4.72. The molecule has 7 heteroatoms. The Balaban J connectivity index is 1.71. The fraction of sp³-hybridized carbons (Fsp3) is 0.333. The van der Waals surface area contributed by atoms with Crippen molar-refractivity contribution < 1.29 is 23.5 Å². The number of hydrogen-bond donors (Lipinski definition) is 1. The van der Waals surface area contributed by atoms with E-state index in [1.807, 2.05) is 31.2 Å². The zero-order valence-electron chi connectivity index (χ0n) is 19.2. The van der Waals surface area contributed by atoms with Crippen molar-refractivity contribution in [2.75, 3.05) is 19.8 Å². The fourth-order valence-corrected chi connectivity index (χ4v) is 4.84. The SMILES string of the molecule is CCOCCOC(=O)C1=C(C)NC2=C(C(=O)C[C@@H](c3ccc(Cl)cc3)C2)[C@@H]1c1cccc(F)c1. The van der Waals surface area contributed by atoms with Crippen LogP contribution in [0.4, 0.5) is 4.39 Å². The molecule has 0 saturated heterocycles. The van der Waals surface area contributed by atoms with Gasteiger partial charge < -0.3 is 14.8 Å². The molecular formula is C27H27ClFNO4. The van der Waals surface area contributed by atoms with Gasteiger partial charge in [-0.25, -0.2) is 9.18 Å². The van der Waals surface area contributed by atoms with Gasteiger partial charge in [0.25, 0.3) is 0 Å². The number of halogens is 2. The van der Waals surface area contributed by atoms with E-state index < -0.39 is 17.7 Å². The second kappa shape index (κ2) is 10.5. The molecule has 0 aromatic heterocycles. The molecule has 178 valence electrons. The molecule has 2 aromatic carbocycles. The monoisotopic (exact) mass is 483 g/mol. The third-order valence-corrected chi connectivity index (χ3v) is 6.49. The topological polar surface area (TPSA) is 64.6 Å². The van der Waals surface area contributed by atoms with E-state index in [-0.39, 0.29) is 24.9 Å². The van der Waals surface area contributed by atoms with Crippen LogP contribution < -0.4 is 5.32 Å². The van der Waals surface area contributed by atoms with Gasteiger partial charge in [-0.15, -0.1) is 0 Å². The lowest BCUT2D eigenvalue weighted by Crippen LogP contribution is -2.36. The summed E-state index contributed by atoms with van der Waals surface area (Å²) in [5, 5.41) is 3.93. The third kappa shape index (κ3) is 5.08. The molecule has 1 N–H and O–H groups in total. The average Bonchev–Trinajstić information content (AvgIpc) is 2.81. The lowest BCUT2D eigenvalue weighted by Gasteiger charge is -2.36. The maximum atomic E-state index is 14.2. The molecule has 1 heterocycles. The van der Waals surface area contributed by atoms with E-state index in [0.717, 1.165) is 11.3 Å². The standard InChI is InChI=1S/C27H27ClFNO4/c1-3-33-11-12-34-27(32)24-16(2)30-22-14-19(17-7-9-20(28)10-8-17)15-23(31)26(22)25(24)18-5-4-6-21(29)13-18/h4-10,13,19,25,30H,3,11-12,14-15H2,1-2H3/t19-,25+/m0/s1. The summed E-state index contributed by atoms with van der Waals surface area (Å²) in [4.78, 5) is 26.6. The predicted octanol–water partition coefficient (Wildman–Crippen LogP) is 5.42. The van der Waals surface area contributed by atoms with E-state index in [1.54, 1.807) is 19.1 Å². The molecule has 2 aliphatic rings. The van der Waals surface area contributed by atoms with Crippen LogP contribution in [0.2, 0.25) is 5.02 Å². The lowest BCUT2D eigenvalue weighted by atomic mass is 9.71. The van der Waals surface area contributed by atoms with E-state index in [1.165, 1.54) is 12.1 Å². The third-order valence-electron chi connectivity index (χ3n) is 6.24. The number of rotatable bonds is 7. The minimum atomic E-state index is -0.704. The van der Waals surface area contributed by atoms with Gasteiger partial charge in [-0.1, -0.05) is 35.9 Å². The first-order valence-corrected chi connectivity index (χ1v) is 11.8. The molecule has 0 unspecified atom stereocenters. The summed E-state index contributed by atoms with van der Waals surface area (Å²) in [6, 6.07) is 13.5. The number of nitrogens with one attached hydrogen (secondary N) is 1. The number of dihydropyridines is 1.